The number of piperidine rings is 1. The van der Waals surface area contributed by atoms with Crippen molar-refractivity contribution in [2.75, 3.05) is 20.8 Å². The second kappa shape index (κ2) is 10.3. The van der Waals surface area contributed by atoms with E-state index in [0.717, 1.165) is 0 Å². The first-order valence-electron chi connectivity index (χ1n) is 11.8. The van der Waals surface area contributed by atoms with Crippen LogP contribution in [0.15, 0.2) is 41.0 Å². The number of methoxy groups -OCH3 is 2. The average molecular weight is 528 g/mol. The third-order valence-corrected chi connectivity index (χ3v) is 8.71. The number of aromatic nitrogens is 3. The molecule has 1 aliphatic heterocycles. The molecule has 12 heteroatoms. The lowest BCUT2D eigenvalue weighted by molar-refractivity contribution is -0.138. The van der Waals surface area contributed by atoms with Crippen molar-refractivity contribution < 1.29 is 27.1 Å². The van der Waals surface area contributed by atoms with E-state index in [1.165, 1.54) is 32.3 Å². The van der Waals surface area contributed by atoms with Gasteiger partial charge >= 0.3 is 0 Å². The normalized spacial score (nSPS) is 18.9. The molecule has 1 aliphatic rings. The first-order valence-corrected chi connectivity index (χ1v) is 13.5. The van der Waals surface area contributed by atoms with Crippen molar-refractivity contribution >= 4 is 15.7 Å². The summed E-state index contributed by atoms with van der Waals surface area (Å²) in [5, 5.41) is 17.2. The molecule has 4 rings (SSSR count). The predicted molar refractivity (Wildman–Crippen MR) is 134 cm³/mol. The Morgan fingerprint density at radius 1 is 1.19 bits per heavy atom. The highest BCUT2D eigenvalue weighted by Gasteiger charge is 2.41. The Kier molecular flexibility index (Phi) is 7.27. The van der Waals surface area contributed by atoms with Crippen LogP contribution in [0.4, 0.5) is 0 Å². The van der Waals surface area contributed by atoms with Gasteiger partial charge in [0.05, 0.1) is 31.8 Å². The average Bonchev–Trinajstić information content (AvgIpc) is 3.55. The maximum absolute atomic E-state index is 13.6. The minimum atomic E-state index is -3.86. The van der Waals surface area contributed by atoms with E-state index in [1.54, 1.807) is 41.8 Å². The van der Waals surface area contributed by atoms with Gasteiger partial charge in [0, 0.05) is 13.0 Å². The fraction of sp³-hybridized carbons (Fsp3) is 0.440. The maximum atomic E-state index is 13.6. The third kappa shape index (κ3) is 4.91. The smallest absolute Gasteiger partial charge is 0.223 e. The number of furan rings is 1. The number of ether oxygens (including phenoxy) is 2. The van der Waals surface area contributed by atoms with Gasteiger partial charge in [0.1, 0.15) is 28.5 Å². The topological polar surface area (TPSA) is 141 Å². The van der Waals surface area contributed by atoms with Gasteiger partial charge in [-0.15, -0.1) is 10.2 Å². The summed E-state index contributed by atoms with van der Waals surface area (Å²) in [6.07, 6.45) is 2.86. The number of likely N-dealkylation sites (tertiary alicyclic amines) is 1. The number of amides is 1. The van der Waals surface area contributed by atoms with Gasteiger partial charge in [0.25, 0.3) is 0 Å². The maximum Gasteiger partial charge on any atom is 0.223 e. The molecule has 0 radical (unpaired) electrons. The first kappa shape index (κ1) is 26.2. The van der Waals surface area contributed by atoms with Crippen LogP contribution in [0.5, 0.6) is 11.5 Å². The van der Waals surface area contributed by atoms with Gasteiger partial charge < -0.3 is 18.8 Å². The zero-order valence-corrected chi connectivity index (χ0v) is 22.0. The summed E-state index contributed by atoms with van der Waals surface area (Å²) in [4.78, 5) is 14.0. The first-order chi connectivity index (χ1) is 17.6. The summed E-state index contributed by atoms with van der Waals surface area (Å²) >= 11 is 0. The zero-order chi connectivity index (χ0) is 26.8. The van der Waals surface area contributed by atoms with Crippen LogP contribution >= 0.6 is 0 Å². The Labute approximate surface area is 215 Å². The molecule has 3 heterocycles. The molecule has 0 bridgehead atoms. The minimum Gasteiger partial charge on any atom is -0.494 e. The van der Waals surface area contributed by atoms with E-state index in [0.29, 0.717) is 42.2 Å². The molecule has 1 fully saturated rings. The van der Waals surface area contributed by atoms with Crippen LogP contribution < -0.4 is 9.47 Å². The number of hydrogen-bond acceptors (Lipinski definition) is 9. The molecular formula is C25H29N5O6S. The molecule has 2 aromatic heterocycles. The van der Waals surface area contributed by atoms with E-state index in [-0.39, 0.29) is 24.1 Å². The SMILES string of the molecule is COc1cccc(OC)c1-n1c(CS(=O)(=O)[C@@H](C)CN2C(=O)CCC[C@@]2(C)C#N)nnc1-c1ccco1. The van der Waals surface area contributed by atoms with E-state index in [4.69, 9.17) is 13.9 Å². The van der Waals surface area contributed by atoms with Crippen LogP contribution in [0.25, 0.3) is 17.3 Å². The lowest BCUT2D eigenvalue weighted by Gasteiger charge is -2.41. The second-order valence-electron chi connectivity index (χ2n) is 9.13. The number of carbonyl (C=O) groups is 1. The Hall–Kier alpha value is -3.85. The summed E-state index contributed by atoms with van der Waals surface area (Å²) in [7, 11) is -0.867. The largest absolute Gasteiger partial charge is 0.494 e. The number of hydrogen-bond donors (Lipinski definition) is 0. The third-order valence-electron chi connectivity index (χ3n) is 6.67. The number of benzene rings is 1. The van der Waals surface area contributed by atoms with Gasteiger partial charge in [-0.2, -0.15) is 5.26 Å². The quantitative estimate of drug-likeness (QED) is 0.410. The van der Waals surface area contributed by atoms with Gasteiger partial charge in [-0.1, -0.05) is 6.07 Å². The predicted octanol–water partition coefficient (Wildman–Crippen LogP) is 3.14. The Balaban J connectivity index is 1.75. The highest BCUT2D eigenvalue weighted by molar-refractivity contribution is 7.91. The highest BCUT2D eigenvalue weighted by Crippen LogP contribution is 2.37. The van der Waals surface area contributed by atoms with Gasteiger partial charge in [-0.05, 0) is 51.0 Å². The van der Waals surface area contributed by atoms with Crippen LogP contribution in [0.2, 0.25) is 0 Å². The van der Waals surface area contributed by atoms with E-state index >= 15 is 0 Å². The molecule has 0 spiro atoms. The summed E-state index contributed by atoms with van der Waals surface area (Å²) in [6.45, 7) is 3.11. The molecule has 1 saturated heterocycles. The molecule has 196 valence electrons. The number of rotatable bonds is 9. The molecule has 0 N–H and O–H groups in total. The number of para-hydroxylation sites is 1. The van der Waals surface area contributed by atoms with Crippen LogP contribution in [0.1, 0.15) is 38.9 Å². The lowest BCUT2D eigenvalue weighted by atomic mass is 9.89. The molecule has 11 nitrogen and oxygen atoms in total. The lowest BCUT2D eigenvalue weighted by Crippen LogP contribution is -2.54. The number of sulfone groups is 1. The molecule has 0 saturated carbocycles. The van der Waals surface area contributed by atoms with Crippen molar-refractivity contribution in [3.05, 3.63) is 42.4 Å². The molecule has 0 aliphatic carbocycles. The van der Waals surface area contributed by atoms with Crippen molar-refractivity contribution in [2.45, 2.75) is 49.7 Å². The zero-order valence-electron chi connectivity index (χ0n) is 21.2. The van der Waals surface area contributed by atoms with Crippen LogP contribution in [-0.4, -0.2) is 65.5 Å². The highest BCUT2D eigenvalue weighted by atomic mass is 32.2. The Morgan fingerprint density at radius 2 is 1.89 bits per heavy atom. The fourth-order valence-electron chi connectivity index (χ4n) is 4.50. The molecule has 1 amide bonds. The van der Waals surface area contributed by atoms with Crippen LogP contribution in [-0.2, 0) is 20.4 Å². The summed E-state index contributed by atoms with van der Waals surface area (Å²) in [6, 6.07) is 10.7. The number of carbonyl (C=O) groups excluding carboxylic acids is 1. The number of nitrogens with zero attached hydrogens (tertiary/aromatic N) is 5. The summed E-state index contributed by atoms with van der Waals surface area (Å²) in [5.74, 6) is 0.905. The van der Waals surface area contributed by atoms with Crippen molar-refractivity contribution in [3.8, 4) is 34.8 Å². The number of nitriles is 1. The molecule has 2 atom stereocenters. The van der Waals surface area contributed by atoms with Crippen molar-refractivity contribution in [1.82, 2.24) is 19.7 Å². The Bertz CT molecular complexity index is 1400. The molecule has 1 aromatic carbocycles. The van der Waals surface area contributed by atoms with Crippen LogP contribution in [0, 0.1) is 11.3 Å². The minimum absolute atomic E-state index is 0.0949. The monoisotopic (exact) mass is 527 g/mol. The summed E-state index contributed by atoms with van der Waals surface area (Å²) in [5.41, 5.74) is -0.624. The molecular weight excluding hydrogens is 498 g/mol. The summed E-state index contributed by atoms with van der Waals surface area (Å²) < 4.78 is 45.4. The van der Waals surface area contributed by atoms with Gasteiger partial charge in [0.15, 0.2) is 21.4 Å². The van der Waals surface area contributed by atoms with E-state index < -0.39 is 26.4 Å². The second-order valence-corrected chi connectivity index (χ2v) is 11.5. The van der Waals surface area contributed by atoms with Crippen molar-refractivity contribution in [2.24, 2.45) is 0 Å². The van der Waals surface area contributed by atoms with Gasteiger partial charge in [-0.3, -0.25) is 9.36 Å². The molecule has 3 aromatic rings. The van der Waals surface area contributed by atoms with Crippen molar-refractivity contribution in [3.63, 3.8) is 0 Å². The van der Waals surface area contributed by atoms with E-state index in [1.807, 2.05) is 0 Å². The standard InChI is InChI=1S/C25H29N5O6S/c1-17(14-29-22(31)11-6-12-25(29,2)16-26)37(32,33)15-21-27-28-24(20-10-7-13-36-20)30(21)23-18(34-3)8-5-9-19(23)35-4/h5,7-10,13,17H,6,11-12,14-15H2,1-4H3/t17-,25-/m0/s1. The van der Waals surface area contributed by atoms with E-state index in [2.05, 4.69) is 16.3 Å². The molecule has 0 unspecified atom stereocenters. The van der Waals surface area contributed by atoms with Gasteiger partial charge in [-0.25, -0.2) is 8.42 Å². The Morgan fingerprint density at radius 3 is 2.49 bits per heavy atom. The van der Waals surface area contributed by atoms with Crippen molar-refractivity contribution in [1.29, 1.82) is 5.26 Å². The van der Waals surface area contributed by atoms with Crippen LogP contribution in [0.3, 0.4) is 0 Å². The molecule has 37 heavy (non-hydrogen) atoms. The van der Waals surface area contributed by atoms with Gasteiger partial charge in [0.2, 0.25) is 11.7 Å². The van der Waals surface area contributed by atoms with E-state index in [9.17, 15) is 18.5 Å². The fourth-order valence-corrected chi connectivity index (χ4v) is 5.71.